The van der Waals surface area contributed by atoms with E-state index in [1.54, 1.807) is 24.8 Å². The zero-order valence-corrected chi connectivity index (χ0v) is 15.8. The molecule has 2 aromatic rings. The van der Waals surface area contributed by atoms with Crippen LogP contribution in [0.15, 0.2) is 20.8 Å². The van der Waals surface area contributed by atoms with Crippen molar-refractivity contribution in [2.75, 3.05) is 16.8 Å². The number of hydrogen-bond acceptors (Lipinski definition) is 8. The van der Waals surface area contributed by atoms with Crippen LogP contribution < -0.4 is 5.32 Å². The molecule has 128 valence electrons. The Morgan fingerprint density at radius 3 is 2.50 bits per heavy atom. The van der Waals surface area contributed by atoms with E-state index < -0.39 is 4.92 Å². The maximum atomic E-state index is 12.1. The van der Waals surface area contributed by atoms with Crippen molar-refractivity contribution < 1.29 is 9.72 Å². The van der Waals surface area contributed by atoms with Gasteiger partial charge in [-0.25, -0.2) is 0 Å². The van der Waals surface area contributed by atoms with E-state index in [1.165, 1.54) is 29.2 Å². The van der Waals surface area contributed by atoms with Gasteiger partial charge in [0.25, 0.3) is 5.69 Å². The summed E-state index contributed by atoms with van der Waals surface area (Å²) in [6.45, 7) is 5.67. The van der Waals surface area contributed by atoms with Gasteiger partial charge in [0.15, 0.2) is 8.68 Å². The Labute approximate surface area is 151 Å². The fourth-order valence-corrected chi connectivity index (χ4v) is 4.52. The van der Waals surface area contributed by atoms with Gasteiger partial charge in [-0.15, -0.1) is 10.2 Å². The number of thioether (sulfide) groups is 2. The molecule has 0 aliphatic heterocycles. The summed E-state index contributed by atoms with van der Waals surface area (Å²) in [6, 6.07) is 3.09. The number of aromatic nitrogens is 2. The molecule has 0 saturated heterocycles. The molecule has 0 saturated carbocycles. The molecule has 1 N–H and O–H groups in total. The van der Waals surface area contributed by atoms with Crippen LogP contribution >= 0.6 is 34.9 Å². The number of nitro groups is 1. The van der Waals surface area contributed by atoms with Crippen molar-refractivity contribution in [3.8, 4) is 0 Å². The topological polar surface area (TPSA) is 98.0 Å². The number of nitrogens with one attached hydrogen (secondary N) is 1. The predicted octanol–water partition coefficient (Wildman–Crippen LogP) is 3.91. The second kappa shape index (κ2) is 8.45. The molecule has 0 unspecified atom stereocenters. The first-order valence-electron chi connectivity index (χ1n) is 7.05. The van der Waals surface area contributed by atoms with E-state index in [2.05, 4.69) is 15.5 Å². The largest absolute Gasteiger partial charge is 0.320 e. The minimum Gasteiger partial charge on any atom is -0.320 e. The molecule has 7 nitrogen and oxygen atoms in total. The molecule has 0 bridgehead atoms. The Morgan fingerprint density at radius 2 is 1.88 bits per heavy atom. The van der Waals surface area contributed by atoms with Crippen molar-refractivity contribution in [3.63, 3.8) is 0 Å². The number of carbonyl (C=O) groups is 1. The van der Waals surface area contributed by atoms with Crippen LogP contribution in [0.25, 0.3) is 0 Å². The molecule has 1 heterocycles. The molecule has 1 amide bonds. The first-order valence-corrected chi connectivity index (χ1v) is 9.84. The normalized spacial score (nSPS) is 10.6. The molecule has 24 heavy (non-hydrogen) atoms. The van der Waals surface area contributed by atoms with E-state index in [-0.39, 0.29) is 23.0 Å². The third-order valence-electron chi connectivity index (χ3n) is 3.07. The maximum absolute atomic E-state index is 12.1. The SMILES string of the molecule is CCSc1nnc(SCC(=O)Nc2cc(C)c(C)cc2[N+](=O)[O-])s1. The second-order valence-corrected chi connectivity index (χ2v) is 8.53. The predicted molar refractivity (Wildman–Crippen MR) is 98.2 cm³/mol. The number of rotatable bonds is 7. The quantitative estimate of drug-likeness (QED) is 0.439. The van der Waals surface area contributed by atoms with Crippen LogP contribution in [0.4, 0.5) is 11.4 Å². The third-order valence-corrected chi connectivity index (χ3v) is 6.14. The Morgan fingerprint density at radius 1 is 1.25 bits per heavy atom. The van der Waals surface area contributed by atoms with E-state index in [9.17, 15) is 14.9 Å². The van der Waals surface area contributed by atoms with Gasteiger partial charge in [0.1, 0.15) is 5.69 Å². The van der Waals surface area contributed by atoms with Crippen molar-refractivity contribution in [2.45, 2.75) is 29.5 Å². The number of aryl methyl sites for hydroxylation is 2. The van der Waals surface area contributed by atoms with Crippen molar-refractivity contribution in [1.29, 1.82) is 0 Å². The fraction of sp³-hybridized carbons (Fsp3) is 0.357. The van der Waals surface area contributed by atoms with Crippen LogP contribution in [0.1, 0.15) is 18.1 Å². The number of nitrogens with zero attached hydrogens (tertiary/aromatic N) is 3. The fourth-order valence-electron chi connectivity index (χ4n) is 1.80. The Kier molecular flexibility index (Phi) is 6.58. The van der Waals surface area contributed by atoms with E-state index in [0.717, 1.165) is 21.2 Å². The summed E-state index contributed by atoms with van der Waals surface area (Å²) >= 11 is 4.30. The highest BCUT2D eigenvalue weighted by Gasteiger charge is 2.18. The number of hydrogen-bond donors (Lipinski definition) is 1. The highest BCUT2D eigenvalue weighted by atomic mass is 32.2. The van der Waals surface area contributed by atoms with Crippen LogP contribution in [0.5, 0.6) is 0 Å². The van der Waals surface area contributed by atoms with Gasteiger partial charge in [0.05, 0.1) is 10.7 Å². The smallest absolute Gasteiger partial charge is 0.293 e. The van der Waals surface area contributed by atoms with Crippen molar-refractivity contribution in [2.24, 2.45) is 0 Å². The summed E-state index contributed by atoms with van der Waals surface area (Å²) in [5, 5.41) is 21.8. The van der Waals surface area contributed by atoms with Crippen LogP contribution in [-0.2, 0) is 4.79 Å². The molecule has 0 aliphatic rings. The molecule has 0 aliphatic carbocycles. The van der Waals surface area contributed by atoms with Gasteiger partial charge in [-0.05, 0) is 36.8 Å². The lowest BCUT2D eigenvalue weighted by Gasteiger charge is -2.08. The standard InChI is InChI=1S/C14H16N4O3S3/c1-4-22-13-16-17-14(24-13)23-7-12(19)15-10-5-8(2)9(3)6-11(10)18(20)21/h5-6H,4,7H2,1-3H3,(H,15,19). The van der Waals surface area contributed by atoms with Gasteiger partial charge >= 0.3 is 0 Å². The molecule has 1 aromatic carbocycles. The Balaban J connectivity index is 2.01. The van der Waals surface area contributed by atoms with Crippen LogP contribution in [0.3, 0.4) is 0 Å². The minimum absolute atomic E-state index is 0.103. The second-order valence-electron chi connectivity index (χ2n) is 4.81. The molecule has 10 heteroatoms. The van der Waals surface area contributed by atoms with Crippen LogP contribution in [-0.4, -0.2) is 32.5 Å². The lowest BCUT2D eigenvalue weighted by Crippen LogP contribution is -2.15. The molecule has 1 aromatic heterocycles. The summed E-state index contributed by atoms with van der Waals surface area (Å²) < 4.78 is 1.57. The monoisotopic (exact) mass is 384 g/mol. The number of nitro benzene ring substituents is 1. The van der Waals surface area contributed by atoms with Crippen LogP contribution in [0.2, 0.25) is 0 Å². The lowest BCUT2D eigenvalue weighted by atomic mass is 10.1. The van der Waals surface area contributed by atoms with Gasteiger partial charge in [-0.2, -0.15) is 0 Å². The van der Waals surface area contributed by atoms with E-state index in [4.69, 9.17) is 0 Å². The average molecular weight is 385 g/mol. The summed E-state index contributed by atoms with van der Waals surface area (Å²) in [6.07, 6.45) is 0. The minimum atomic E-state index is -0.492. The maximum Gasteiger partial charge on any atom is 0.293 e. The van der Waals surface area contributed by atoms with Crippen molar-refractivity contribution in [1.82, 2.24) is 10.2 Å². The molecule has 2 rings (SSSR count). The Bertz CT molecular complexity index is 764. The van der Waals surface area contributed by atoms with Crippen molar-refractivity contribution in [3.05, 3.63) is 33.4 Å². The molecular weight excluding hydrogens is 368 g/mol. The summed E-state index contributed by atoms with van der Waals surface area (Å²) in [4.78, 5) is 22.7. The van der Waals surface area contributed by atoms with Gasteiger partial charge in [-0.3, -0.25) is 14.9 Å². The molecular formula is C14H16N4O3S3. The Hall–Kier alpha value is -1.65. The summed E-state index contributed by atoms with van der Waals surface area (Å²) in [7, 11) is 0. The van der Waals surface area contributed by atoms with E-state index >= 15 is 0 Å². The van der Waals surface area contributed by atoms with Gasteiger partial charge < -0.3 is 5.32 Å². The molecule has 0 radical (unpaired) electrons. The van der Waals surface area contributed by atoms with Crippen molar-refractivity contribution >= 4 is 52.1 Å². The summed E-state index contributed by atoms with van der Waals surface area (Å²) in [5.74, 6) is 0.720. The number of anilines is 1. The molecule has 0 atom stereocenters. The van der Waals surface area contributed by atoms with Gasteiger partial charge in [-0.1, -0.05) is 41.8 Å². The number of benzene rings is 1. The zero-order valence-electron chi connectivity index (χ0n) is 13.4. The highest BCUT2D eigenvalue weighted by Crippen LogP contribution is 2.30. The molecule has 0 spiro atoms. The van der Waals surface area contributed by atoms with Crippen LogP contribution in [0, 0.1) is 24.0 Å². The first kappa shape index (κ1) is 18.7. The first-order chi connectivity index (χ1) is 11.4. The van der Waals surface area contributed by atoms with Gasteiger partial charge in [0.2, 0.25) is 5.91 Å². The van der Waals surface area contributed by atoms with E-state index in [1.807, 2.05) is 13.8 Å². The number of amides is 1. The number of carbonyl (C=O) groups excluding carboxylic acids is 1. The molecule has 0 fully saturated rings. The third kappa shape index (κ3) is 4.92. The summed E-state index contributed by atoms with van der Waals surface area (Å²) in [5.41, 5.74) is 1.81. The highest BCUT2D eigenvalue weighted by molar-refractivity contribution is 8.03. The van der Waals surface area contributed by atoms with E-state index in [0.29, 0.717) is 4.34 Å². The lowest BCUT2D eigenvalue weighted by molar-refractivity contribution is -0.384. The van der Waals surface area contributed by atoms with Gasteiger partial charge in [0, 0.05) is 6.07 Å². The zero-order chi connectivity index (χ0) is 17.7. The average Bonchev–Trinajstić information content (AvgIpc) is 2.96.